The van der Waals surface area contributed by atoms with Crippen molar-refractivity contribution in [2.24, 2.45) is 5.92 Å². The van der Waals surface area contributed by atoms with Crippen molar-refractivity contribution >= 4 is 45.9 Å². The molecule has 0 unspecified atom stereocenters. The van der Waals surface area contributed by atoms with Crippen molar-refractivity contribution in [1.29, 1.82) is 0 Å². The standard InChI is InChI=1S/C22H24ClN3O2S/c1-14(2)13-26-21(28)18-11-10-16(23)12-19(18)24-22(26)29-15(3)20(27)25(4)17-8-6-5-7-9-17/h5-12,14-15H,13H2,1-4H3/t15-/m0/s1. The largest absolute Gasteiger partial charge is 0.315 e. The minimum atomic E-state index is -0.415. The van der Waals surface area contributed by atoms with Gasteiger partial charge in [-0.1, -0.05) is 55.4 Å². The number of amides is 1. The summed E-state index contributed by atoms with van der Waals surface area (Å²) in [5, 5.41) is 1.16. The highest BCUT2D eigenvalue weighted by molar-refractivity contribution is 8.00. The molecule has 7 heteroatoms. The van der Waals surface area contributed by atoms with Crippen LogP contribution in [0.1, 0.15) is 20.8 Å². The molecule has 0 saturated heterocycles. The molecule has 0 bridgehead atoms. The van der Waals surface area contributed by atoms with Crippen LogP contribution in [0, 0.1) is 5.92 Å². The molecule has 2 aromatic carbocycles. The first kappa shape index (κ1) is 21.4. The summed E-state index contributed by atoms with van der Waals surface area (Å²) in [6, 6.07) is 14.6. The van der Waals surface area contributed by atoms with Gasteiger partial charge in [0.05, 0.1) is 16.2 Å². The number of rotatable bonds is 6. The van der Waals surface area contributed by atoms with Crippen molar-refractivity contribution in [3.63, 3.8) is 0 Å². The van der Waals surface area contributed by atoms with E-state index in [0.29, 0.717) is 27.6 Å². The smallest absolute Gasteiger partial charge is 0.262 e. The van der Waals surface area contributed by atoms with Crippen LogP contribution < -0.4 is 10.5 Å². The fourth-order valence-corrected chi connectivity index (χ4v) is 4.23. The number of hydrogen-bond donors (Lipinski definition) is 0. The van der Waals surface area contributed by atoms with Gasteiger partial charge in [-0.3, -0.25) is 14.2 Å². The molecule has 0 N–H and O–H groups in total. The van der Waals surface area contributed by atoms with E-state index < -0.39 is 5.25 Å². The van der Waals surface area contributed by atoms with Crippen LogP contribution in [0.3, 0.4) is 0 Å². The molecule has 5 nitrogen and oxygen atoms in total. The van der Waals surface area contributed by atoms with E-state index in [1.54, 1.807) is 34.7 Å². The molecule has 0 fully saturated rings. The summed E-state index contributed by atoms with van der Waals surface area (Å²) in [4.78, 5) is 32.3. The second-order valence-corrected chi connectivity index (χ2v) is 9.10. The van der Waals surface area contributed by atoms with Gasteiger partial charge < -0.3 is 4.90 Å². The minimum absolute atomic E-state index is 0.0577. The van der Waals surface area contributed by atoms with Crippen LogP contribution in [0.5, 0.6) is 0 Å². The van der Waals surface area contributed by atoms with Crippen LogP contribution in [0.2, 0.25) is 5.02 Å². The van der Waals surface area contributed by atoms with Gasteiger partial charge in [-0.25, -0.2) is 4.98 Å². The molecule has 1 amide bonds. The van der Waals surface area contributed by atoms with Crippen molar-refractivity contribution in [2.75, 3.05) is 11.9 Å². The first-order valence-electron chi connectivity index (χ1n) is 9.47. The number of anilines is 1. The quantitative estimate of drug-likeness (QED) is 0.415. The summed E-state index contributed by atoms with van der Waals surface area (Å²) in [6.07, 6.45) is 0. The molecule has 0 saturated carbocycles. The van der Waals surface area contributed by atoms with Gasteiger partial charge in [0, 0.05) is 24.3 Å². The van der Waals surface area contributed by atoms with Crippen molar-refractivity contribution in [3.05, 3.63) is 63.9 Å². The van der Waals surface area contributed by atoms with Crippen LogP contribution in [0.25, 0.3) is 10.9 Å². The highest BCUT2D eigenvalue weighted by Gasteiger charge is 2.23. The second kappa shape index (κ2) is 9.01. The highest BCUT2D eigenvalue weighted by Crippen LogP contribution is 2.26. The average Bonchev–Trinajstić information content (AvgIpc) is 2.70. The SMILES string of the molecule is CC(C)Cn1c(S[C@@H](C)C(=O)N(C)c2ccccc2)nc2cc(Cl)ccc2c1=O. The molecular weight excluding hydrogens is 406 g/mol. The van der Waals surface area contributed by atoms with Gasteiger partial charge in [-0.05, 0) is 43.2 Å². The molecule has 0 aliphatic rings. The maximum atomic E-state index is 13.1. The first-order chi connectivity index (χ1) is 13.8. The van der Waals surface area contributed by atoms with Crippen molar-refractivity contribution in [1.82, 2.24) is 9.55 Å². The first-order valence-corrected chi connectivity index (χ1v) is 10.7. The van der Waals surface area contributed by atoms with E-state index in [1.807, 2.05) is 51.1 Å². The minimum Gasteiger partial charge on any atom is -0.315 e. The summed E-state index contributed by atoms with van der Waals surface area (Å²) in [7, 11) is 1.75. The van der Waals surface area contributed by atoms with E-state index in [1.165, 1.54) is 11.8 Å². The summed E-state index contributed by atoms with van der Waals surface area (Å²) >= 11 is 7.39. The maximum Gasteiger partial charge on any atom is 0.262 e. The summed E-state index contributed by atoms with van der Waals surface area (Å²) < 4.78 is 1.66. The number of benzene rings is 2. The Morgan fingerprint density at radius 3 is 2.52 bits per heavy atom. The zero-order valence-electron chi connectivity index (χ0n) is 16.9. The molecule has 0 aliphatic carbocycles. The molecule has 3 aromatic rings. The topological polar surface area (TPSA) is 55.2 Å². The Balaban J connectivity index is 1.97. The number of nitrogens with zero attached hydrogens (tertiary/aromatic N) is 3. The van der Waals surface area contributed by atoms with E-state index in [-0.39, 0.29) is 17.4 Å². The zero-order chi connectivity index (χ0) is 21.1. The maximum absolute atomic E-state index is 13.1. The number of hydrogen-bond acceptors (Lipinski definition) is 4. The molecular formula is C22H24ClN3O2S. The summed E-state index contributed by atoms with van der Waals surface area (Å²) in [5.74, 6) is 0.203. The van der Waals surface area contributed by atoms with E-state index >= 15 is 0 Å². The number of aromatic nitrogens is 2. The fourth-order valence-electron chi connectivity index (χ4n) is 3.05. The normalized spacial score (nSPS) is 12.3. The predicted molar refractivity (Wildman–Crippen MR) is 121 cm³/mol. The monoisotopic (exact) mass is 429 g/mol. The summed E-state index contributed by atoms with van der Waals surface area (Å²) in [5.41, 5.74) is 1.25. The lowest BCUT2D eigenvalue weighted by molar-refractivity contribution is -0.117. The number of thioether (sulfide) groups is 1. The number of fused-ring (bicyclic) bond motifs is 1. The molecule has 152 valence electrons. The Morgan fingerprint density at radius 2 is 1.86 bits per heavy atom. The molecule has 1 heterocycles. The molecule has 1 aromatic heterocycles. The lowest BCUT2D eigenvalue weighted by Crippen LogP contribution is -2.34. The lowest BCUT2D eigenvalue weighted by Gasteiger charge is -2.22. The van der Waals surface area contributed by atoms with Gasteiger partial charge in [0.2, 0.25) is 5.91 Å². The van der Waals surface area contributed by atoms with Gasteiger partial charge in [-0.15, -0.1) is 0 Å². The van der Waals surface area contributed by atoms with E-state index in [9.17, 15) is 9.59 Å². The second-order valence-electron chi connectivity index (χ2n) is 7.36. The number of halogens is 1. The van der Waals surface area contributed by atoms with Crippen molar-refractivity contribution in [3.8, 4) is 0 Å². The molecule has 1 atom stereocenters. The third-order valence-electron chi connectivity index (χ3n) is 4.53. The van der Waals surface area contributed by atoms with Crippen LogP contribution in [-0.2, 0) is 11.3 Å². The predicted octanol–water partition coefficient (Wildman–Crippen LogP) is 4.85. The highest BCUT2D eigenvalue weighted by atomic mass is 35.5. The number of para-hydroxylation sites is 1. The van der Waals surface area contributed by atoms with E-state index in [0.717, 1.165) is 5.69 Å². The van der Waals surface area contributed by atoms with Gasteiger partial charge in [0.15, 0.2) is 5.16 Å². The Morgan fingerprint density at radius 1 is 1.17 bits per heavy atom. The molecule has 3 rings (SSSR count). The molecule has 0 aliphatic heterocycles. The van der Waals surface area contributed by atoms with Crippen molar-refractivity contribution < 1.29 is 4.79 Å². The van der Waals surface area contributed by atoms with Crippen LogP contribution in [0.4, 0.5) is 5.69 Å². The van der Waals surface area contributed by atoms with Crippen LogP contribution >= 0.6 is 23.4 Å². The van der Waals surface area contributed by atoms with Gasteiger partial charge >= 0.3 is 0 Å². The lowest BCUT2D eigenvalue weighted by atomic mass is 10.2. The zero-order valence-corrected chi connectivity index (χ0v) is 18.5. The van der Waals surface area contributed by atoms with E-state index in [4.69, 9.17) is 11.6 Å². The number of carbonyl (C=O) groups is 1. The Labute approximate surface area is 179 Å². The Bertz CT molecular complexity index is 1080. The van der Waals surface area contributed by atoms with Crippen molar-refractivity contribution in [2.45, 2.75) is 37.7 Å². The molecule has 0 radical (unpaired) electrons. The number of carbonyl (C=O) groups excluding carboxylic acids is 1. The van der Waals surface area contributed by atoms with Crippen LogP contribution in [0.15, 0.2) is 58.5 Å². The van der Waals surface area contributed by atoms with E-state index in [2.05, 4.69) is 4.98 Å². The third-order valence-corrected chi connectivity index (χ3v) is 5.85. The van der Waals surface area contributed by atoms with Gasteiger partial charge in [0.25, 0.3) is 5.56 Å². The average molecular weight is 430 g/mol. The van der Waals surface area contributed by atoms with Gasteiger partial charge in [0.1, 0.15) is 0 Å². The van der Waals surface area contributed by atoms with Crippen LogP contribution in [-0.4, -0.2) is 27.8 Å². The Hall–Kier alpha value is -2.31. The Kier molecular flexibility index (Phi) is 6.65. The third kappa shape index (κ3) is 4.82. The summed E-state index contributed by atoms with van der Waals surface area (Å²) in [6.45, 7) is 6.46. The van der Waals surface area contributed by atoms with Gasteiger partial charge in [-0.2, -0.15) is 0 Å². The fraction of sp³-hybridized carbons (Fsp3) is 0.318. The molecule has 0 spiro atoms. The molecule has 29 heavy (non-hydrogen) atoms.